The Morgan fingerprint density at radius 1 is 1.40 bits per heavy atom. The van der Waals surface area contributed by atoms with E-state index in [4.69, 9.17) is 0 Å². The highest BCUT2D eigenvalue weighted by Crippen LogP contribution is 2.15. The van der Waals surface area contributed by atoms with Crippen molar-refractivity contribution in [2.45, 2.75) is 19.9 Å². The zero-order chi connectivity index (χ0) is 7.61. The number of nitrogens with zero attached hydrogens (tertiary/aromatic N) is 1. The van der Waals surface area contributed by atoms with Crippen molar-refractivity contribution in [1.82, 2.24) is 0 Å². The first-order valence-electron chi connectivity index (χ1n) is 3.90. The average Bonchev–Trinajstić information content (AvgIpc) is 1.96. The van der Waals surface area contributed by atoms with Gasteiger partial charge < -0.3 is 0 Å². The van der Waals surface area contributed by atoms with Gasteiger partial charge in [0.05, 0.1) is 19.8 Å². The zero-order valence-electron chi connectivity index (χ0n) is 7.04. The molecule has 0 radical (unpaired) electrons. The molecule has 0 fully saturated rings. The molecule has 0 amide bonds. The first-order chi connectivity index (χ1) is 4.69. The summed E-state index contributed by atoms with van der Waals surface area (Å²) in [6, 6.07) is 0.634. The summed E-state index contributed by atoms with van der Waals surface area (Å²) in [6.07, 6.45) is 8.76. The van der Waals surface area contributed by atoms with Crippen LogP contribution in [0.4, 0.5) is 0 Å². The Balaban J connectivity index is 2.77. The van der Waals surface area contributed by atoms with Crippen LogP contribution in [0, 0.1) is 0 Å². The molecule has 1 heterocycles. The molecule has 10 heavy (non-hydrogen) atoms. The minimum atomic E-state index is 0.634. The van der Waals surface area contributed by atoms with Gasteiger partial charge in [0.1, 0.15) is 6.04 Å². The highest BCUT2D eigenvalue weighted by molar-refractivity contribution is 5.06. The van der Waals surface area contributed by atoms with Crippen LogP contribution >= 0.6 is 0 Å². The van der Waals surface area contributed by atoms with E-state index in [2.05, 4.69) is 45.3 Å². The van der Waals surface area contributed by atoms with Gasteiger partial charge in [0.25, 0.3) is 0 Å². The molecule has 1 heteroatoms. The molecule has 1 nitrogen and oxygen atoms in total. The standard InChI is InChI=1S/C9H16N/c1-4-10(3)8-6-5-7-9(10)2/h5-9H,4H2,1-3H3/q+1. The van der Waals surface area contributed by atoms with Crippen molar-refractivity contribution >= 4 is 0 Å². The Hall–Kier alpha value is -0.560. The quantitative estimate of drug-likeness (QED) is 0.486. The summed E-state index contributed by atoms with van der Waals surface area (Å²) in [4.78, 5) is 0. The van der Waals surface area contributed by atoms with E-state index in [1.807, 2.05) is 0 Å². The van der Waals surface area contributed by atoms with Crippen LogP contribution in [0.25, 0.3) is 0 Å². The molecule has 0 aromatic rings. The monoisotopic (exact) mass is 138 g/mol. The van der Waals surface area contributed by atoms with Gasteiger partial charge in [-0.05, 0) is 26.0 Å². The van der Waals surface area contributed by atoms with Crippen molar-refractivity contribution < 1.29 is 4.48 Å². The lowest BCUT2D eigenvalue weighted by Gasteiger charge is -2.35. The number of likely N-dealkylation sites (N-methyl/N-ethyl adjacent to an activating group) is 1. The Morgan fingerprint density at radius 2 is 2.10 bits per heavy atom. The predicted molar refractivity (Wildman–Crippen MR) is 44.5 cm³/mol. The number of rotatable bonds is 1. The van der Waals surface area contributed by atoms with Gasteiger partial charge in [-0.2, -0.15) is 0 Å². The summed E-state index contributed by atoms with van der Waals surface area (Å²) in [5.41, 5.74) is 0. The Labute approximate surface area is 63.2 Å². The van der Waals surface area contributed by atoms with E-state index in [0.717, 1.165) is 4.48 Å². The van der Waals surface area contributed by atoms with Crippen molar-refractivity contribution in [1.29, 1.82) is 0 Å². The molecule has 0 saturated heterocycles. The second-order valence-electron chi connectivity index (χ2n) is 3.13. The van der Waals surface area contributed by atoms with E-state index in [9.17, 15) is 0 Å². The van der Waals surface area contributed by atoms with Crippen molar-refractivity contribution in [3.63, 3.8) is 0 Å². The van der Waals surface area contributed by atoms with Crippen molar-refractivity contribution in [3.05, 3.63) is 24.4 Å². The number of quaternary nitrogens is 1. The highest BCUT2D eigenvalue weighted by atomic mass is 15.3. The molecule has 1 aliphatic heterocycles. The van der Waals surface area contributed by atoms with Gasteiger partial charge in [0, 0.05) is 0 Å². The molecular weight excluding hydrogens is 122 g/mol. The van der Waals surface area contributed by atoms with Crippen LogP contribution in [0.3, 0.4) is 0 Å². The first-order valence-corrected chi connectivity index (χ1v) is 3.90. The summed E-state index contributed by atoms with van der Waals surface area (Å²) in [5.74, 6) is 0. The fraction of sp³-hybridized carbons (Fsp3) is 0.556. The molecule has 1 aliphatic rings. The van der Waals surface area contributed by atoms with Gasteiger partial charge in [-0.25, -0.2) is 0 Å². The van der Waals surface area contributed by atoms with E-state index in [1.165, 1.54) is 6.54 Å². The van der Waals surface area contributed by atoms with Gasteiger partial charge in [-0.1, -0.05) is 6.08 Å². The lowest BCUT2D eigenvalue weighted by molar-refractivity contribution is -0.875. The van der Waals surface area contributed by atoms with Crippen LogP contribution in [0.2, 0.25) is 0 Å². The minimum absolute atomic E-state index is 0.634. The topological polar surface area (TPSA) is 0 Å². The summed E-state index contributed by atoms with van der Waals surface area (Å²) in [7, 11) is 2.25. The third-order valence-electron chi connectivity index (χ3n) is 2.54. The van der Waals surface area contributed by atoms with E-state index >= 15 is 0 Å². The van der Waals surface area contributed by atoms with Crippen LogP contribution in [-0.4, -0.2) is 24.1 Å². The molecule has 1 rings (SSSR count). The Kier molecular flexibility index (Phi) is 1.95. The number of hydrogen-bond acceptors (Lipinski definition) is 0. The Morgan fingerprint density at radius 3 is 2.50 bits per heavy atom. The molecule has 0 aromatic carbocycles. The van der Waals surface area contributed by atoms with Gasteiger partial charge in [0.2, 0.25) is 0 Å². The van der Waals surface area contributed by atoms with Crippen LogP contribution in [0.15, 0.2) is 24.4 Å². The fourth-order valence-corrected chi connectivity index (χ4v) is 1.20. The largest absolute Gasteiger partial charge is 0.294 e. The van der Waals surface area contributed by atoms with Crippen molar-refractivity contribution in [3.8, 4) is 0 Å². The molecule has 0 spiro atoms. The van der Waals surface area contributed by atoms with Crippen molar-refractivity contribution in [2.24, 2.45) is 0 Å². The number of allylic oxidation sites excluding steroid dienone is 2. The summed E-state index contributed by atoms with van der Waals surface area (Å²) in [5, 5.41) is 0. The van der Waals surface area contributed by atoms with E-state index in [0.29, 0.717) is 6.04 Å². The van der Waals surface area contributed by atoms with Crippen LogP contribution in [0.1, 0.15) is 13.8 Å². The molecule has 0 N–H and O–H groups in total. The smallest absolute Gasteiger partial charge is 0.109 e. The second-order valence-corrected chi connectivity index (χ2v) is 3.13. The molecule has 0 saturated carbocycles. The van der Waals surface area contributed by atoms with Gasteiger partial charge in [-0.3, -0.25) is 4.48 Å². The molecule has 0 bridgehead atoms. The highest BCUT2D eigenvalue weighted by Gasteiger charge is 2.23. The normalized spacial score (nSPS) is 38.5. The van der Waals surface area contributed by atoms with E-state index < -0.39 is 0 Å². The van der Waals surface area contributed by atoms with Crippen LogP contribution < -0.4 is 0 Å². The third kappa shape index (κ3) is 1.14. The van der Waals surface area contributed by atoms with Crippen molar-refractivity contribution in [2.75, 3.05) is 13.6 Å². The third-order valence-corrected chi connectivity index (χ3v) is 2.54. The summed E-state index contributed by atoms with van der Waals surface area (Å²) < 4.78 is 1.04. The van der Waals surface area contributed by atoms with Gasteiger partial charge >= 0.3 is 0 Å². The number of hydrogen-bond donors (Lipinski definition) is 0. The molecule has 2 atom stereocenters. The maximum absolute atomic E-state index is 2.25. The van der Waals surface area contributed by atoms with Crippen LogP contribution in [0.5, 0.6) is 0 Å². The molecule has 56 valence electrons. The van der Waals surface area contributed by atoms with Crippen LogP contribution in [-0.2, 0) is 0 Å². The molecular formula is C9H16N+. The van der Waals surface area contributed by atoms with Gasteiger partial charge in [0.15, 0.2) is 0 Å². The lowest BCUT2D eigenvalue weighted by Crippen LogP contribution is -2.45. The zero-order valence-corrected chi connectivity index (χ0v) is 7.04. The van der Waals surface area contributed by atoms with E-state index in [1.54, 1.807) is 0 Å². The molecule has 0 aromatic heterocycles. The van der Waals surface area contributed by atoms with Gasteiger partial charge in [-0.15, -0.1) is 0 Å². The maximum atomic E-state index is 2.25. The Bertz CT molecular complexity index is 170. The molecule has 0 aliphatic carbocycles. The second kappa shape index (κ2) is 2.59. The SMILES string of the molecule is CC[N+]1(C)C=CC=CC1C. The minimum Gasteiger partial charge on any atom is -0.294 e. The summed E-state index contributed by atoms with van der Waals surface area (Å²) >= 11 is 0. The summed E-state index contributed by atoms with van der Waals surface area (Å²) in [6.45, 7) is 5.64. The average molecular weight is 138 g/mol. The maximum Gasteiger partial charge on any atom is 0.109 e. The van der Waals surface area contributed by atoms with E-state index in [-0.39, 0.29) is 0 Å². The fourth-order valence-electron chi connectivity index (χ4n) is 1.20. The molecule has 2 unspecified atom stereocenters. The lowest BCUT2D eigenvalue weighted by atomic mass is 10.2. The predicted octanol–water partition coefficient (Wildman–Crippen LogP) is 1.92. The first kappa shape index (κ1) is 7.55.